The highest BCUT2D eigenvalue weighted by Crippen LogP contribution is 2.33. The second-order valence-corrected chi connectivity index (χ2v) is 6.95. The molecule has 5 nitrogen and oxygen atoms in total. The average molecular weight is 289 g/mol. The zero-order valence-electron chi connectivity index (χ0n) is 13.1. The normalized spacial score (nSPS) is 20.9. The Morgan fingerprint density at radius 1 is 1.19 bits per heavy atom. The van der Waals surface area contributed by atoms with Crippen molar-refractivity contribution in [2.24, 2.45) is 0 Å². The molecule has 0 spiro atoms. The molecule has 0 aliphatic carbocycles. The van der Waals surface area contributed by atoms with Crippen LogP contribution in [0.3, 0.4) is 0 Å². The van der Waals surface area contributed by atoms with Crippen LogP contribution in [-0.4, -0.2) is 38.8 Å². The molecule has 0 unspecified atom stereocenters. The lowest BCUT2D eigenvalue weighted by atomic mass is 9.99. The van der Waals surface area contributed by atoms with Gasteiger partial charge in [0.2, 0.25) is 0 Å². The molecule has 3 rings (SSSR count). The number of morpholine rings is 1. The number of hydrogen-bond acceptors (Lipinski definition) is 4. The number of rotatable bonds is 2. The lowest BCUT2D eigenvalue weighted by molar-refractivity contribution is -0.133. The molecule has 1 aliphatic heterocycles. The first-order chi connectivity index (χ1) is 9.81. The van der Waals surface area contributed by atoms with Crippen molar-refractivity contribution in [2.45, 2.75) is 45.5 Å². The van der Waals surface area contributed by atoms with E-state index in [2.05, 4.69) is 32.6 Å². The molecule has 0 saturated carbocycles. The van der Waals surface area contributed by atoms with Crippen LogP contribution in [-0.2, 0) is 11.3 Å². The quantitative estimate of drug-likeness (QED) is 0.921. The number of aliphatic hydroxyl groups excluding tert-OH is 1. The van der Waals surface area contributed by atoms with Crippen LogP contribution in [0.15, 0.2) is 24.4 Å². The molecule has 21 heavy (non-hydrogen) atoms. The van der Waals surface area contributed by atoms with Gasteiger partial charge in [-0.3, -0.25) is 4.40 Å². The minimum atomic E-state index is -0.246. The van der Waals surface area contributed by atoms with Gasteiger partial charge in [-0.2, -0.15) is 0 Å². The zero-order chi connectivity index (χ0) is 15.3. The van der Waals surface area contributed by atoms with Crippen molar-refractivity contribution >= 4 is 11.5 Å². The van der Waals surface area contributed by atoms with E-state index in [4.69, 9.17) is 9.72 Å². The second-order valence-electron chi connectivity index (χ2n) is 6.95. The number of aliphatic hydroxyl groups is 1. The summed E-state index contributed by atoms with van der Waals surface area (Å²) in [7, 11) is 0. The Balaban J connectivity index is 2.07. The van der Waals surface area contributed by atoms with Gasteiger partial charge >= 0.3 is 0 Å². The van der Waals surface area contributed by atoms with Crippen molar-refractivity contribution in [1.29, 1.82) is 0 Å². The molecule has 0 amide bonds. The molecule has 0 bridgehead atoms. The van der Waals surface area contributed by atoms with Crippen LogP contribution in [0, 0.1) is 0 Å². The van der Waals surface area contributed by atoms with E-state index in [1.165, 1.54) is 0 Å². The second kappa shape index (κ2) is 4.71. The van der Waals surface area contributed by atoms with Crippen molar-refractivity contribution in [3.63, 3.8) is 0 Å². The molecule has 2 aromatic rings. The Morgan fingerprint density at radius 2 is 1.86 bits per heavy atom. The number of fused-ring (bicyclic) bond motifs is 1. The molecule has 1 N–H and O–H groups in total. The van der Waals surface area contributed by atoms with Gasteiger partial charge in [-0.15, -0.1) is 0 Å². The predicted octanol–water partition coefficient (Wildman–Crippen LogP) is 2.22. The molecule has 114 valence electrons. The summed E-state index contributed by atoms with van der Waals surface area (Å²) in [5.74, 6) is 0.855. The van der Waals surface area contributed by atoms with Crippen LogP contribution in [0.2, 0.25) is 0 Å². The van der Waals surface area contributed by atoms with Crippen molar-refractivity contribution in [1.82, 2.24) is 9.38 Å². The van der Waals surface area contributed by atoms with Gasteiger partial charge in [0.1, 0.15) is 5.65 Å². The fourth-order valence-electron chi connectivity index (χ4n) is 3.37. The lowest BCUT2D eigenvalue weighted by Gasteiger charge is -2.47. The summed E-state index contributed by atoms with van der Waals surface area (Å²) in [6.45, 7) is 9.86. The number of ether oxygens (including phenoxy) is 1. The fraction of sp³-hybridized carbons (Fsp3) is 0.562. The Bertz CT molecular complexity index is 645. The van der Waals surface area contributed by atoms with Gasteiger partial charge in [-0.05, 0) is 39.8 Å². The van der Waals surface area contributed by atoms with Gasteiger partial charge in [-0.25, -0.2) is 4.98 Å². The fourth-order valence-corrected chi connectivity index (χ4v) is 3.37. The van der Waals surface area contributed by atoms with Crippen molar-refractivity contribution in [2.75, 3.05) is 18.0 Å². The lowest BCUT2D eigenvalue weighted by Crippen LogP contribution is -2.57. The van der Waals surface area contributed by atoms with Crippen LogP contribution < -0.4 is 4.90 Å². The zero-order valence-corrected chi connectivity index (χ0v) is 13.1. The number of pyridine rings is 1. The van der Waals surface area contributed by atoms with E-state index in [-0.39, 0.29) is 17.8 Å². The van der Waals surface area contributed by atoms with E-state index in [9.17, 15) is 5.11 Å². The molecule has 0 radical (unpaired) electrons. The third-order valence-corrected chi connectivity index (χ3v) is 3.75. The molecule has 2 aromatic heterocycles. The highest BCUT2D eigenvalue weighted by Gasteiger charge is 2.39. The maximum absolute atomic E-state index is 9.78. The minimum absolute atomic E-state index is 0.0290. The van der Waals surface area contributed by atoms with Gasteiger partial charge < -0.3 is 14.7 Å². The standard InChI is InChI=1S/C16H23N3O2/c1-15(2)10-18(11-16(3,4)21-15)14-12(9-20)19-8-6-5-7-13(19)17-14/h5-8,20H,9-11H2,1-4H3. The van der Waals surface area contributed by atoms with E-state index in [0.717, 1.165) is 30.2 Å². The highest BCUT2D eigenvalue weighted by molar-refractivity contribution is 5.56. The van der Waals surface area contributed by atoms with Gasteiger partial charge in [0.25, 0.3) is 0 Å². The first kappa shape index (κ1) is 14.4. The summed E-state index contributed by atoms with van der Waals surface area (Å²) in [5, 5.41) is 9.78. The summed E-state index contributed by atoms with van der Waals surface area (Å²) in [5.41, 5.74) is 1.20. The van der Waals surface area contributed by atoms with Gasteiger partial charge in [0.05, 0.1) is 23.5 Å². The van der Waals surface area contributed by atoms with Crippen molar-refractivity contribution in [3.8, 4) is 0 Å². The van der Waals surface area contributed by atoms with Crippen molar-refractivity contribution in [3.05, 3.63) is 30.1 Å². The Morgan fingerprint density at radius 3 is 2.48 bits per heavy atom. The van der Waals surface area contributed by atoms with Crippen LogP contribution in [0.5, 0.6) is 0 Å². The van der Waals surface area contributed by atoms with Crippen LogP contribution >= 0.6 is 0 Å². The summed E-state index contributed by atoms with van der Waals surface area (Å²) < 4.78 is 8.07. The van der Waals surface area contributed by atoms with Gasteiger partial charge in [0.15, 0.2) is 5.82 Å². The molecule has 3 heterocycles. The Kier molecular flexibility index (Phi) is 3.22. The monoisotopic (exact) mass is 289 g/mol. The van der Waals surface area contributed by atoms with E-state index in [1.807, 2.05) is 28.8 Å². The number of aromatic nitrogens is 2. The van der Waals surface area contributed by atoms with E-state index in [1.54, 1.807) is 0 Å². The maximum Gasteiger partial charge on any atom is 0.153 e. The Labute approximate surface area is 125 Å². The van der Waals surface area contributed by atoms with Gasteiger partial charge in [-0.1, -0.05) is 6.07 Å². The number of imidazole rings is 1. The smallest absolute Gasteiger partial charge is 0.153 e. The van der Waals surface area contributed by atoms with E-state index < -0.39 is 0 Å². The molecular formula is C16H23N3O2. The topological polar surface area (TPSA) is 50.0 Å². The summed E-state index contributed by atoms with van der Waals surface area (Å²) >= 11 is 0. The van der Waals surface area contributed by atoms with E-state index >= 15 is 0 Å². The SMILES string of the molecule is CC1(C)CN(c2nc3ccccn3c2CO)CC(C)(C)O1. The first-order valence-corrected chi connectivity index (χ1v) is 7.33. The molecule has 0 atom stereocenters. The number of anilines is 1. The largest absolute Gasteiger partial charge is 0.390 e. The highest BCUT2D eigenvalue weighted by atomic mass is 16.5. The molecule has 0 aromatic carbocycles. The molecule has 1 fully saturated rings. The third kappa shape index (κ3) is 2.63. The van der Waals surface area contributed by atoms with Crippen LogP contribution in [0.25, 0.3) is 5.65 Å². The molecule has 1 saturated heterocycles. The maximum atomic E-state index is 9.78. The molecule has 5 heteroatoms. The van der Waals surface area contributed by atoms with Crippen molar-refractivity contribution < 1.29 is 9.84 Å². The summed E-state index contributed by atoms with van der Waals surface area (Å²) in [4.78, 5) is 6.94. The molecular weight excluding hydrogens is 266 g/mol. The average Bonchev–Trinajstić information content (AvgIpc) is 2.73. The first-order valence-electron chi connectivity index (χ1n) is 7.33. The molecule has 1 aliphatic rings. The number of nitrogens with zero attached hydrogens (tertiary/aromatic N) is 3. The van der Waals surface area contributed by atoms with Crippen LogP contribution in [0.1, 0.15) is 33.4 Å². The Hall–Kier alpha value is -1.59. The summed E-state index contributed by atoms with van der Waals surface area (Å²) in [6, 6.07) is 5.87. The predicted molar refractivity (Wildman–Crippen MR) is 82.6 cm³/mol. The minimum Gasteiger partial charge on any atom is -0.390 e. The van der Waals surface area contributed by atoms with Gasteiger partial charge in [0, 0.05) is 19.3 Å². The van der Waals surface area contributed by atoms with E-state index in [0.29, 0.717) is 0 Å². The summed E-state index contributed by atoms with van der Waals surface area (Å²) in [6.07, 6.45) is 1.94. The van der Waals surface area contributed by atoms with Crippen LogP contribution in [0.4, 0.5) is 5.82 Å². The third-order valence-electron chi connectivity index (χ3n) is 3.75. The number of hydrogen-bond donors (Lipinski definition) is 1.